The van der Waals surface area contributed by atoms with Gasteiger partial charge in [0.15, 0.2) is 6.61 Å². The number of amides is 2. The van der Waals surface area contributed by atoms with E-state index in [9.17, 15) is 14.4 Å². The minimum atomic E-state index is -0.613. The van der Waals surface area contributed by atoms with Crippen LogP contribution in [0.5, 0.6) is 0 Å². The van der Waals surface area contributed by atoms with Gasteiger partial charge in [0, 0.05) is 30.5 Å². The Balaban J connectivity index is 1.97. The molecule has 148 valence electrons. The second-order valence-electron chi connectivity index (χ2n) is 5.74. The molecule has 1 N–H and O–H groups in total. The standard InChI is InChI=1S/C20H23N3O4S/c1-4-23(5-2)19(25)14-8-6-9-15(12-14)22-17(24)13-27-20(26)16-10-7-11-21-18(16)28-3/h6-12H,4-5,13H2,1-3H3,(H,22,24). The highest BCUT2D eigenvalue weighted by Gasteiger charge is 2.16. The minimum Gasteiger partial charge on any atom is -0.452 e. The Bertz CT molecular complexity index is 853. The van der Waals surface area contributed by atoms with Crippen molar-refractivity contribution in [2.75, 3.05) is 31.3 Å². The van der Waals surface area contributed by atoms with Crippen molar-refractivity contribution in [2.45, 2.75) is 18.9 Å². The number of rotatable bonds is 8. The maximum absolute atomic E-state index is 12.4. The Morgan fingerprint density at radius 3 is 2.57 bits per heavy atom. The molecule has 1 aromatic heterocycles. The van der Waals surface area contributed by atoms with Gasteiger partial charge in [0.05, 0.1) is 5.56 Å². The summed E-state index contributed by atoms with van der Waals surface area (Å²) in [4.78, 5) is 42.5. The third kappa shape index (κ3) is 5.56. The molecule has 0 aliphatic carbocycles. The van der Waals surface area contributed by atoms with Gasteiger partial charge in [-0.05, 0) is 50.4 Å². The lowest BCUT2D eigenvalue weighted by Crippen LogP contribution is -2.30. The molecule has 0 bridgehead atoms. The zero-order chi connectivity index (χ0) is 20.5. The van der Waals surface area contributed by atoms with Crippen molar-refractivity contribution in [2.24, 2.45) is 0 Å². The quantitative estimate of drug-likeness (QED) is 0.540. The lowest BCUT2D eigenvalue weighted by molar-refractivity contribution is -0.119. The zero-order valence-electron chi connectivity index (χ0n) is 16.1. The molecule has 0 saturated carbocycles. The molecule has 0 aliphatic rings. The first kappa shape index (κ1) is 21.4. The number of hydrogen-bond acceptors (Lipinski definition) is 6. The van der Waals surface area contributed by atoms with Crippen molar-refractivity contribution in [1.82, 2.24) is 9.88 Å². The number of ether oxygens (including phenoxy) is 1. The van der Waals surface area contributed by atoms with Crippen molar-refractivity contribution in [3.05, 3.63) is 53.7 Å². The fourth-order valence-corrected chi connectivity index (χ4v) is 3.08. The summed E-state index contributed by atoms with van der Waals surface area (Å²) in [6, 6.07) is 9.90. The predicted molar refractivity (Wildman–Crippen MR) is 109 cm³/mol. The summed E-state index contributed by atoms with van der Waals surface area (Å²) in [7, 11) is 0. The number of esters is 1. The zero-order valence-corrected chi connectivity index (χ0v) is 16.9. The molecule has 1 heterocycles. The molecule has 2 rings (SSSR count). The third-order valence-corrected chi connectivity index (χ3v) is 4.67. The molecule has 0 saturated heterocycles. The molecule has 28 heavy (non-hydrogen) atoms. The number of hydrogen-bond donors (Lipinski definition) is 1. The van der Waals surface area contributed by atoms with Crippen LogP contribution in [0.25, 0.3) is 0 Å². The van der Waals surface area contributed by atoms with Crippen molar-refractivity contribution >= 4 is 35.2 Å². The van der Waals surface area contributed by atoms with E-state index in [1.807, 2.05) is 13.8 Å². The van der Waals surface area contributed by atoms with Gasteiger partial charge < -0.3 is 15.0 Å². The molecule has 0 unspecified atom stereocenters. The fraction of sp³-hybridized carbons (Fsp3) is 0.300. The van der Waals surface area contributed by atoms with Crippen LogP contribution in [0, 0.1) is 0 Å². The predicted octanol–water partition coefficient (Wildman–Crippen LogP) is 3.08. The van der Waals surface area contributed by atoms with Crippen molar-refractivity contribution in [3.8, 4) is 0 Å². The number of pyridine rings is 1. The third-order valence-electron chi connectivity index (χ3n) is 3.96. The lowest BCUT2D eigenvalue weighted by atomic mass is 10.1. The number of carbonyl (C=O) groups excluding carboxylic acids is 3. The van der Waals surface area contributed by atoms with Gasteiger partial charge in [-0.1, -0.05) is 6.07 Å². The monoisotopic (exact) mass is 401 g/mol. The summed E-state index contributed by atoms with van der Waals surface area (Å²) in [5.41, 5.74) is 1.26. The van der Waals surface area contributed by atoms with Crippen molar-refractivity contribution < 1.29 is 19.1 Å². The first-order valence-corrected chi connectivity index (χ1v) is 10.1. The molecule has 0 radical (unpaired) electrons. The van der Waals surface area contributed by atoms with E-state index in [-0.39, 0.29) is 5.91 Å². The normalized spacial score (nSPS) is 10.2. The van der Waals surface area contributed by atoms with Crippen molar-refractivity contribution in [1.29, 1.82) is 0 Å². The van der Waals surface area contributed by atoms with Gasteiger partial charge in [-0.25, -0.2) is 9.78 Å². The van der Waals surface area contributed by atoms with E-state index < -0.39 is 18.5 Å². The molecule has 1 aromatic carbocycles. The lowest BCUT2D eigenvalue weighted by Gasteiger charge is -2.19. The van der Waals surface area contributed by atoms with Crippen LogP contribution in [-0.2, 0) is 9.53 Å². The maximum Gasteiger partial charge on any atom is 0.341 e. The summed E-state index contributed by atoms with van der Waals surface area (Å²) < 4.78 is 5.08. The molecule has 0 spiro atoms. The number of thioether (sulfide) groups is 1. The highest BCUT2D eigenvalue weighted by Crippen LogP contribution is 2.18. The van der Waals surface area contributed by atoms with Gasteiger partial charge in [-0.15, -0.1) is 11.8 Å². The highest BCUT2D eigenvalue weighted by atomic mass is 32.2. The number of benzene rings is 1. The number of nitrogens with one attached hydrogen (secondary N) is 1. The van der Waals surface area contributed by atoms with Crippen LogP contribution < -0.4 is 5.32 Å². The van der Waals surface area contributed by atoms with Crippen LogP contribution >= 0.6 is 11.8 Å². The van der Waals surface area contributed by atoms with E-state index in [0.717, 1.165) is 0 Å². The molecule has 7 nitrogen and oxygen atoms in total. The molecular formula is C20H23N3O4S. The Hall–Kier alpha value is -2.87. The van der Waals surface area contributed by atoms with E-state index in [1.54, 1.807) is 53.8 Å². The summed E-state index contributed by atoms with van der Waals surface area (Å²) >= 11 is 1.32. The summed E-state index contributed by atoms with van der Waals surface area (Å²) in [6.07, 6.45) is 3.39. The molecule has 0 atom stereocenters. The SMILES string of the molecule is CCN(CC)C(=O)c1cccc(NC(=O)COC(=O)c2cccnc2SC)c1. The Morgan fingerprint density at radius 1 is 1.14 bits per heavy atom. The molecule has 0 aliphatic heterocycles. The molecule has 0 fully saturated rings. The van der Waals surface area contributed by atoms with E-state index >= 15 is 0 Å². The number of anilines is 1. The largest absolute Gasteiger partial charge is 0.452 e. The van der Waals surface area contributed by atoms with Gasteiger partial charge >= 0.3 is 5.97 Å². The second-order valence-corrected chi connectivity index (χ2v) is 6.54. The minimum absolute atomic E-state index is 0.103. The topological polar surface area (TPSA) is 88.6 Å². The first-order valence-electron chi connectivity index (χ1n) is 8.85. The first-order chi connectivity index (χ1) is 13.5. The summed E-state index contributed by atoms with van der Waals surface area (Å²) in [6.45, 7) is 4.59. The molecule has 8 heteroatoms. The number of nitrogens with zero attached hydrogens (tertiary/aromatic N) is 2. The van der Waals surface area contributed by atoms with Crippen LogP contribution in [0.4, 0.5) is 5.69 Å². The van der Waals surface area contributed by atoms with Crippen LogP contribution in [0.15, 0.2) is 47.6 Å². The Morgan fingerprint density at radius 2 is 1.89 bits per heavy atom. The van der Waals surface area contributed by atoms with Crippen LogP contribution in [0.1, 0.15) is 34.6 Å². The molecule has 2 amide bonds. The fourth-order valence-electron chi connectivity index (χ4n) is 2.54. The van der Waals surface area contributed by atoms with Crippen molar-refractivity contribution in [3.63, 3.8) is 0 Å². The smallest absolute Gasteiger partial charge is 0.341 e. The van der Waals surface area contributed by atoms with Crippen LogP contribution in [0.2, 0.25) is 0 Å². The average Bonchev–Trinajstić information content (AvgIpc) is 2.73. The molecule has 2 aromatic rings. The number of aromatic nitrogens is 1. The van der Waals surface area contributed by atoms with E-state index in [4.69, 9.17) is 4.74 Å². The Labute approximate surface area is 168 Å². The van der Waals surface area contributed by atoms with Gasteiger partial charge in [0.25, 0.3) is 11.8 Å². The summed E-state index contributed by atoms with van der Waals surface area (Å²) in [5, 5.41) is 3.18. The van der Waals surface area contributed by atoms with E-state index in [0.29, 0.717) is 34.9 Å². The van der Waals surface area contributed by atoms with E-state index in [1.165, 1.54) is 11.8 Å². The second kappa shape index (κ2) is 10.5. The van der Waals surface area contributed by atoms with Gasteiger partial charge in [-0.2, -0.15) is 0 Å². The van der Waals surface area contributed by atoms with Gasteiger partial charge in [0.1, 0.15) is 5.03 Å². The van der Waals surface area contributed by atoms with Gasteiger partial charge in [0.2, 0.25) is 0 Å². The van der Waals surface area contributed by atoms with Crippen LogP contribution in [-0.4, -0.2) is 53.6 Å². The van der Waals surface area contributed by atoms with Gasteiger partial charge in [-0.3, -0.25) is 9.59 Å². The van der Waals surface area contributed by atoms with Crippen LogP contribution in [0.3, 0.4) is 0 Å². The average molecular weight is 401 g/mol. The molecular weight excluding hydrogens is 378 g/mol. The number of carbonyl (C=O) groups is 3. The Kier molecular flexibility index (Phi) is 8.01. The highest BCUT2D eigenvalue weighted by molar-refractivity contribution is 7.98. The van der Waals surface area contributed by atoms with E-state index in [2.05, 4.69) is 10.3 Å². The summed E-state index contributed by atoms with van der Waals surface area (Å²) in [5.74, 6) is -1.21. The maximum atomic E-state index is 12.4.